The molecule has 0 saturated carbocycles. The highest BCUT2D eigenvalue weighted by molar-refractivity contribution is 5.89. The maximum atomic E-state index is 13.4. The molecule has 1 aliphatic rings. The Kier molecular flexibility index (Phi) is 4.39. The number of carbonyl (C=O) groups is 1. The lowest BCUT2D eigenvalue weighted by atomic mass is 9.94. The van der Waals surface area contributed by atoms with Gasteiger partial charge in [-0.25, -0.2) is 14.4 Å². The zero-order chi connectivity index (χ0) is 17.3. The average Bonchev–Trinajstić information content (AvgIpc) is 2.54. The zero-order valence-electron chi connectivity index (χ0n) is 14.3. The van der Waals surface area contributed by atoms with E-state index in [0.29, 0.717) is 5.52 Å². The van der Waals surface area contributed by atoms with Crippen molar-refractivity contribution in [2.45, 2.75) is 39.7 Å². The molecular formula is C18H23FN4O. The van der Waals surface area contributed by atoms with Crippen LogP contribution in [0.1, 0.15) is 33.6 Å². The van der Waals surface area contributed by atoms with E-state index in [0.717, 1.165) is 37.1 Å². The smallest absolute Gasteiger partial charge is 0.225 e. The van der Waals surface area contributed by atoms with Crippen LogP contribution in [-0.2, 0) is 4.79 Å². The molecule has 1 amide bonds. The van der Waals surface area contributed by atoms with E-state index in [-0.39, 0.29) is 23.2 Å². The summed E-state index contributed by atoms with van der Waals surface area (Å²) in [5.41, 5.74) is 0.243. The number of nitrogens with one attached hydrogen (secondary N) is 1. The molecule has 3 rings (SSSR count). The van der Waals surface area contributed by atoms with Gasteiger partial charge < -0.3 is 10.2 Å². The van der Waals surface area contributed by atoms with E-state index >= 15 is 0 Å². The van der Waals surface area contributed by atoms with Crippen molar-refractivity contribution in [1.29, 1.82) is 0 Å². The normalized spacial score (nSPS) is 16.4. The number of nitrogens with zero attached hydrogens (tertiary/aromatic N) is 3. The van der Waals surface area contributed by atoms with Crippen LogP contribution in [-0.4, -0.2) is 35.0 Å². The molecule has 1 fully saturated rings. The predicted molar refractivity (Wildman–Crippen MR) is 92.3 cm³/mol. The lowest BCUT2D eigenvalue weighted by molar-refractivity contribution is -0.129. The molecule has 1 aliphatic heterocycles. The molecule has 0 unspecified atom stereocenters. The van der Waals surface area contributed by atoms with E-state index in [1.54, 1.807) is 6.07 Å². The molecule has 1 aromatic heterocycles. The van der Waals surface area contributed by atoms with Crippen molar-refractivity contribution in [1.82, 2.24) is 15.3 Å². The van der Waals surface area contributed by atoms with Crippen molar-refractivity contribution in [3.63, 3.8) is 0 Å². The number of anilines is 1. The molecule has 6 heteroatoms. The van der Waals surface area contributed by atoms with Crippen molar-refractivity contribution in [2.75, 3.05) is 18.0 Å². The second-order valence-electron chi connectivity index (χ2n) is 7.34. The molecule has 2 heterocycles. The molecule has 5 nitrogen and oxygen atoms in total. The van der Waals surface area contributed by atoms with Gasteiger partial charge in [0.15, 0.2) is 0 Å². The third-order valence-corrected chi connectivity index (χ3v) is 4.39. The molecule has 0 bridgehead atoms. The summed E-state index contributed by atoms with van der Waals surface area (Å²) in [6.45, 7) is 7.37. The van der Waals surface area contributed by atoms with Crippen LogP contribution in [0, 0.1) is 11.2 Å². The Morgan fingerprint density at radius 3 is 2.62 bits per heavy atom. The quantitative estimate of drug-likeness (QED) is 0.920. The van der Waals surface area contributed by atoms with Crippen molar-refractivity contribution in [2.24, 2.45) is 5.41 Å². The SMILES string of the molecule is CC(C)(C)C(=O)NC1CCN(c2ncnc3cc(F)ccc23)CC1. The minimum Gasteiger partial charge on any atom is -0.356 e. The van der Waals surface area contributed by atoms with Crippen LogP contribution in [0.2, 0.25) is 0 Å². The molecule has 0 radical (unpaired) electrons. The summed E-state index contributed by atoms with van der Waals surface area (Å²) < 4.78 is 13.4. The fourth-order valence-corrected chi connectivity index (χ4v) is 2.91. The van der Waals surface area contributed by atoms with Gasteiger partial charge in [0, 0.05) is 36.0 Å². The van der Waals surface area contributed by atoms with Gasteiger partial charge >= 0.3 is 0 Å². The summed E-state index contributed by atoms with van der Waals surface area (Å²) in [5, 5.41) is 3.98. The van der Waals surface area contributed by atoms with E-state index in [2.05, 4.69) is 20.2 Å². The molecule has 24 heavy (non-hydrogen) atoms. The monoisotopic (exact) mass is 330 g/mol. The Hall–Kier alpha value is -2.24. The number of aromatic nitrogens is 2. The topological polar surface area (TPSA) is 58.1 Å². The van der Waals surface area contributed by atoms with Gasteiger partial charge in [0.25, 0.3) is 0 Å². The molecule has 0 spiro atoms. The van der Waals surface area contributed by atoms with Gasteiger partial charge in [0.05, 0.1) is 5.52 Å². The fourth-order valence-electron chi connectivity index (χ4n) is 2.91. The molecule has 128 valence electrons. The fraction of sp³-hybridized carbons (Fsp3) is 0.500. The third kappa shape index (κ3) is 3.47. The summed E-state index contributed by atoms with van der Waals surface area (Å²) in [5.74, 6) is 0.625. The van der Waals surface area contributed by atoms with Crippen molar-refractivity contribution in [3.05, 3.63) is 30.3 Å². The van der Waals surface area contributed by atoms with Crippen molar-refractivity contribution >= 4 is 22.6 Å². The first-order chi connectivity index (χ1) is 11.3. The highest BCUT2D eigenvalue weighted by Crippen LogP contribution is 2.26. The summed E-state index contributed by atoms with van der Waals surface area (Å²) in [6.07, 6.45) is 3.22. The minimum atomic E-state index is -0.371. The summed E-state index contributed by atoms with van der Waals surface area (Å²) >= 11 is 0. The second kappa shape index (κ2) is 6.34. The number of amides is 1. The zero-order valence-corrected chi connectivity index (χ0v) is 14.3. The van der Waals surface area contributed by atoms with Gasteiger partial charge in [-0.15, -0.1) is 0 Å². The second-order valence-corrected chi connectivity index (χ2v) is 7.34. The van der Waals surface area contributed by atoms with E-state index in [9.17, 15) is 9.18 Å². The number of carbonyl (C=O) groups excluding carboxylic acids is 1. The number of hydrogen-bond acceptors (Lipinski definition) is 4. The van der Waals surface area contributed by atoms with Crippen LogP contribution in [0.3, 0.4) is 0 Å². The summed E-state index contributed by atoms with van der Waals surface area (Å²) in [6, 6.07) is 4.79. The van der Waals surface area contributed by atoms with E-state index in [1.165, 1.54) is 18.5 Å². The van der Waals surface area contributed by atoms with Gasteiger partial charge in [-0.05, 0) is 25.0 Å². The van der Waals surface area contributed by atoms with Gasteiger partial charge in [0.1, 0.15) is 18.0 Å². The Bertz CT molecular complexity index is 748. The first kappa shape index (κ1) is 16.6. The molecule has 1 saturated heterocycles. The first-order valence-electron chi connectivity index (χ1n) is 8.31. The van der Waals surface area contributed by atoms with Crippen LogP contribution < -0.4 is 10.2 Å². The Morgan fingerprint density at radius 2 is 1.96 bits per heavy atom. The lowest BCUT2D eigenvalue weighted by Gasteiger charge is -2.34. The van der Waals surface area contributed by atoms with Crippen LogP contribution in [0.4, 0.5) is 10.2 Å². The van der Waals surface area contributed by atoms with Crippen LogP contribution in [0.5, 0.6) is 0 Å². The van der Waals surface area contributed by atoms with E-state index in [1.807, 2.05) is 20.8 Å². The Morgan fingerprint density at radius 1 is 1.25 bits per heavy atom. The number of rotatable bonds is 2. The molecule has 0 aliphatic carbocycles. The van der Waals surface area contributed by atoms with Gasteiger partial charge in [-0.1, -0.05) is 20.8 Å². The van der Waals surface area contributed by atoms with E-state index in [4.69, 9.17) is 0 Å². The summed E-state index contributed by atoms with van der Waals surface area (Å²) in [4.78, 5) is 22.8. The third-order valence-electron chi connectivity index (χ3n) is 4.39. The Labute approximate surface area is 141 Å². The average molecular weight is 330 g/mol. The number of benzene rings is 1. The number of piperidine rings is 1. The van der Waals surface area contributed by atoms with Crippen molar-refractivity contribution < 1.29 is 9.18 Å². The van der Waals surface area contributed by atoms with Crippen molar-refractivity contribution in [3.8, 4) is 0 Å². The van der Waals surface area contributed by atoms with Gasteiger partial charge in [0.2, 0.25) is 5.91 Å². The van der Waals surface area contributed by atoms with Gasteiger partial charge in [-0.3, -0.25) is 4.79 Å². The number of hydrogen-bond donors (Lipinski definition) is 1. The maximum absolute atomic E-state index is 13.4. The number of halogens is 1. The van der Waals surface area contributed by atoms with Gasteiger partial charge in [-0.2, -0.15) is 0 Å². The largest absolute Gasteiger partial charge is 0.356 e. The predicted octanol–water partition coefficient (Wildman–Crippen LogP) is 2.90. The lowest BCUT2D eigenvalue weighted by Crippen LogP contribution is -2.48. The minimum absolute atomic E-state index is 0.0870. The molecule has 1 aromatic carbocycles. The summed E-state index contributed by atoms with van der Waals surface area (Å²) in [7, 11) is 0. The molecule has 2 aromatic rings. The van der Waals surface area contributed by atoms with Crippen LogP contribution >= 0.6 is 0 Å². The molecular weight excluding hydrogens is 307 g/mol. The standard InChI is InChI=1S/C18H23FN4O/c1-18(2,3)17(24)22-13-6-8-23(9-7-13)16-14-5-4-12(19)10-15(14)20-11-21-16/h4-5,10-11,13H,6-9H2,1-3H3,(H,22,24). The molecule has 1 N–H and O–H groups in total. The maximum Gasteiger partial charge on any atom is 0.225 e. The Balaban J connectivity index is 1.70. The van der Waals surface area contributed by atoms with Crippen LogP contribution in [0.15, 0.2) is 24.5 Å². The first-order valence-corrected chi connectivity index (χ1v) is 8.31. The molecule has 0 atom stereocenters. The highest BCUT2D eigenvalue weighted by atomic mass is 19.1. The highest BCUT2D eigenvalue weighted by Gasteiger charge is 2.27. The number of fused-ring (bicyclic) bond motifs is 1. The van der Waals surface area contributed by atoms with E-state index < -0.39 is 0 Å². The van der Waals surface area contributed by atoms with Crippen LogP contribution in [0.25, 0.3) is 10.9 Å².